The summed E-state index contributed by atoms with van der Waals surface area (Å²) in [6.45, 7) is 5.79. The molecule has 0 aromatic carbocycles. The van der Waals surface area contributed by atoms with Crippen LogP contribution in [0, 0.1) is 5.92 Å². The van der Waals surface area contributed by atoms with Crippen LogP contribution in [0.4, 0.5) is 5.13 Å². The molecule has 6 heteroatoms. The van der Waals surface area contributed by atoms with Crippen LogP contribution >= 0.6 is 11.3 Å². The average molecular weight is 280 g/mol. The molecule has 3 heterocycles. The van der Waals surface area contributed by atoms with E-state index in [0.29, 0.717) is 6.04 Å². The lowest BCUT2D eigenvalue weighted by Crippen LogP contribution is -2.44. The molecule has 0 radical (unpaired) electrons. The molecular formula is C13H20N4OS. The first-order valence-corrected chi connectivity index (χ1v) is 7.80. The van der Waals surface area contributed by atoms with Gasteiger partial charge in [0.15, 0.2) is 5.13 Å². The van der Waals surface area contributed by atoms with Crippen molar-refractivity contribution >= 4 is 22.4 Å². The number of carbonyl (C=O) groups excluding carboxylic acids is 1. The van der Waals surface area contributed by atoms with Crippen LogP contribution in [0.15, 0.2) is 6.20 Å². The van der Waals surface area contributed by atoms with Crippen molar-refractivity contribution in [3.8, 4) is 0 Å². The van der Waals surface area contributed by atoms with Crippen LogP contribution in [-0.4, -0.2) is 41.5 Å². The second-order valence-electron chi connectivity index (χ2n) is 5.19. The number of fused-ring (bicyclic) bond motifs is 1. The number of hydrogen-bond donors (Lipinski definition) is 2. The first kappa shape index (κ1) is 12.9. The molecule has 2 saturated heterocycles. The van der Waals surface area contributed by atoms with Crippen LogP contribution in [0.2, 0.25) is 0 Å². The minimum absolute atomic E-state index is 0.204. The molecule has 3 rings (SSSR count). The zero-order valence-electron chi connectivity index (χ0n) is 11.2. The van der Waals surface area contributed by atoms with E-state index in [1.54, 1.807) is 11.3 Å². The van der Waals surface area contributed by atoms with Gasteiger partial charge in [-0.1, -0.05) is 0 Å². The third-order valence-corrected chi connectivity index (χ3v) is 4.90. The van der Waals surface area contributed by atoms with Gasteiger partial charge < -0.3 is 10.6 Å². The van der Waals surface area contributed by atoms with Gasteiger partial charge in [0.2, 0.25) is 5.91 Å². The molecule has 0 aliphatic carbocycles. The number of aromatic nitrogens is 1. The molecule has 0 saturated carbocycles. The molecule has 2 unspecified atom stereocenters. The molecule has 5 nitrogen and oxygen atoms in total. The van der Waals surface area contributed by atoms with Gasteiger partial charge in [-0.2, -0.15) is 0 Å². The van der Waals surface area contributed by atoms with Crippen molar-refractivity contribution in [2.75, 3.05) is 25.0 Å². The minimum Gasteiger partial charge on any atom is -0.362 e. The maximum Gasteiger partial charge on any atom is 0.224 e. The molecule has 104 valence electrons. The largest absolute Gasteiger partial charge is 0.362 e. The molecule has 0 bridgehead atoms. The maximum absolute atomic E-state index is 11.7. The summed E-state index contributed by atoms with van der Waals surface area (Å²) in [4.78, 5) is 19.8. The Labute approximate surface area is 117 Å². The van der Waals surface area contributed by atoms with Gasteiger partial charge in [0.25, 0.3) is 0 Å². The summed E-state index contributed by atoms with van der Waals surface area (Å²) in [7, 11) is 0. The number of hydrogen-bond acceptors (Lipinski definition) is 5. The van der Waals surface area contributed by atoms with E-state index in [0.717, 1.165) is 44.2 Å². The number of carbonyl (C=O) groups is 1. The highest BCUT2D eigenvalue weighted by atomic mass is 32.1. The monoisotopic (exact) mass is 280 g/mol. The topological polar surface area (TPSA) is 57.3 Å². The Morgan fingerprint density at radius 3 is 3.37 bits per heavy atom. The van der Waals surface area contributed by atoms with E-state index >= 15 is 0 Å². The molecule has 2 aliphatic rings. The first-order chi connectivity index (χ1) is 9.28. The van der Waals surface area contributed by atoms with Crippen LogP contribution in [0.3, 0.4) is 0 Å². The first-order valence-electron chi connectivity index (χ1n) is 6.98. The predicted octanol–water partition coefficient (Wildman–Crippen LogP) is 1.29. The third-order valence-electron chi connectivity index (χ3n) is 3.96. The van der Waals surface area contributed by atoms with Crippen molar-refractivity contribution in [2.24, 2.45) is 5.92 Å². The molecule has 2 aliphatic heterocycles. The van der Waals surface area contributed by atoms with E-state index in [1.807, 2.05) is 6.20 Å². The number of anilines is 1. The van der Waals surface area contributed by atoms with Gasteiger partial charge in [-0.3, -0.25) is 9.69 Å². The Balaban J connectivity index is 1.66. The lowest BCUT2D eigenvalue weighted by molar-refractivity contribution is -0.124. The molecule has 2 N–H and O–H groups in total. The zero-order valence-corrected chi connectivity index (χ0v) is 12.0. The summed E-state index contributed by atoms with van der Waals surface area (Å²) >= 11 is 1.72. The Hall–Kier alpha value is -1.14. The van der Waals surface area contributed by atoms with Crippen molar-refractivity contribution in [2.45, 2.75) is 32.4 Å². The molecule has 1 amide bonds. The van der Waals surface area contributed by atoms with E-state index in [-0.39, 0.29) is 11.8 Å². The predicted molar refractivity (Wildman–Crippen MR) is 76.2 cm³/mol. The van der Waals surface area contributed by atoms with Gasteiger partial charge in [-0.15, -0.1) is 11.3 Å². The van der Waals surface area contributed by atoms with Crippen LogP contribution < -0.4 is 10.6 Å². The zero-order chi connectivity index (χ0) is 13.2. The second-order valence-corrected chi connectivity index (χ2v) is 6.31. The number of piperidine rings is 1. The number of nitrogens with one attached hydrogen (secondary N) is 2. The highest BCUT2D eigenvalue weighted by Crippen LogP contribution is 2.30. The van der Waals surface area contributed by atoms with E-state index in [2.05, 4.69) is 27.4 Å². The molecule has 0 spiro atoms. The molecule has 1 aromatic heterocycles. The van der Waals surface area contributed by atoms with Gasteiger partial charge in [0.1, 0.15) is 0 Å². The summed E-state index contributed by atoms with van der Waals surface area (Å²) in [5, 5.41) is 7.23. The van der Waals surface area contributed by atoms with E-state index in [9.17, 15) is 4.79 Å². The van der Waals surface area contributed by atoms with Gasteiger partial charge >= 0.3 is 0 Å². The van der Waals surface area contributed by atoms with Gasteiger partial charge in [0, 0.05) is 36.8 Å². The average Bonchev–Trinajstić information content (AvgIpc) is 2.99. The summed E-state index contributed by atoms with van der Waals surface area (Å²) in [6, 6.07) is 0.380. The molecular weight excluding hydrogens is 260 g/mol. The van der Waals surface area contributed by atoms with Crippen LogP contribution in [0.5, 0.6) is 0 Å². The number of thiazole rings is 1. The van der Waals surface area contributed by atoms with Crippen molar-refractivity contribution in [3.63, 3.8) is 0 Å². The lowest BCUT2D eigenvalue weighted by Gasteiger charge is -2.35. The number of likely N-dealkylation sites (tertiary alicyclic amines) is 1. The van der Waals surface area contributed by atoms with Gasteiger partial charge in [-0.25, -0.2) is 4.98 Å². The van der Waals surface area contributed by atoms with E-state index in [1.165, 1.54) is 4.88 Å². The SMILES string of the molecule is CCNc1ncc(CN2CCCC3C(=O)NCC32)s1. The number of rotatable bonds is 4. The van der Waals surface area contributed by atoms with Crippen molar-refractivity contribution in [1.82, 2.24) is 15.2 Å². The van der Waals surface area contributed by atoms with Crippen molar-refractivity contribution in [3.05, 3.63) is 11.1 Å². The standard InChI is InChI=1S/C13H20N4OS/c1-2-14-13-16-6-9(19-13)8-17-5-3-4-10-11(17)7-15-12(10)18/h6,10-11H,2-5,7-8H2,1H3,(H,14,16)(H,15,18). The Morgan fingerprint density at radius 2 is 2.53 bits per heavy atom. The van der Waals surface area contributed by atoms with Gasteiger partial charge in [-0.05, 0) is 26.3 Å². The fourth-order valence-electron chi connectivity index (χ4n) is 3.05. The summed E-state index contributed by atoms with van der Waals surface area (Å²) in [6.07, 6.45) is 4.11. The highest BCUT2D eigenvalue weighted by Gasteiger charge is 2.40. The molecule has 2 fully saturated rings. The van der Waals surface area contributed by atoms with Crippen molar-refractivity contribution in [1.29, 1.82) is 0 Å². The maximum atomic E-state index is 11.7. The quantitative estimate of drug-likeness (QED) is 0.872. The normalized spacial score (nSPS) is 27.1. The number of amides is 1. The van der Waals surface area contributed by atoms with Crippen LogP contribution in [0.1, 0.15) is 24.6 Å². The van der Waals surface area contributed by atoms with Gasteiger partial charge in [0.05, 0.1) is 5.92 Å². The van der Waals surface area contributed by atoms with E-state index in [4.69, 9.17) is 0 Å². The highest BCUT2D eigenvalue weighted by molar-refractivity contribution is 7.15. The van der Waals surface area contributed by atoms with Crippen LogP contribution in [-0.2, 0) is 11.3 Å². The fourth-order valence-corrected chi connectivity index (χ4v) is 3.96. The number of nitrogens with zero attached hydrogens (tertiary/aromatic N) is 2. The lowest BCUT2D eigenvalue weighted by atomic mass is 9.91. The Morgan fingerprint density at radius 1 is 1.63 bits per heavy atom. The molecule has 2 atom stereocenters. The summed E-state index contributed by atoms with van der Waals surface area (Å²) < 4.78 is 0. The molecule has 1 aromatic rings. The Bertz CT molecular complexity index is 461. The smallest absolute Gasteiger partial charge is 0.224 e. The Kier molecular flexibility index (Phi) is 3.70. The van der Waals surface area contributed by atoms with Crippen molar-refractivity contribution < 1.29 is 4.79 Å². The summed E-state index contributed by atoms with van der Waals surface area (Å²) in [5.74, 6) is 0.447. The minimum atomic E-state index is 0.204. The fraction of sp³-hybridized carbons (Fsp3) is 0.692. The second kappa shape index (κ2) is 5.46. The third kappa shape index (κ3) is 2.60. The molecule has 19 heavy (non-hydrogen) atoms. The van der Waals surface area contributed by atoms with Crippen LogP contribution in [0.25, 0.3) is 0 Å². The van der Waals surface area contributed by atoms with E-state index < -0.39 is 0 Å². The summed E-state index contributed by atoms with van der Waals surface area (Å²) in [5.41, 5.74) is 0.